The van der Waals surface area contributed by atoms with Gasteiger partial charge in [-0.15, -0.1) is 0 Å². The predicted octanol–water partition coefficient (Wildman–Crippen LogP) is 1.51. The summed E-state index contributed by atoms with van der Waals surface area (Å²) < 4.78 is 0. The molecule has 2 fully saturated rings. The van der Waals surface area contributed by atoms with E-state index in [0.717, 1.165) is 37.1 Å². The van der Waals surface area contributed by atoms with Crippen molar-refractivity contribution in [2.45, 2.75) is 0 Å². The van der Waals surface area contributed by atoms with Crippen molar-refractivity contribution in [3.05, 3.63) is 28.9 Å². The highest BCUT2D eigenvalue weighted by Gasteiger charge is 2.38. The number of nitrogens with one attached hydrogen (secondary N) is 2. The standard InChI is InChI=1S/C14H15ClN4O/c15-10-1-11(12-5-17-18-13(12)2-10)14(20)19-6-8-3-16-4-9(8)7-19/h1-2,5,8-9,16H,3-4,6-7H2,(H,17,18)/t8-,9+. The maximum absolute atomic E-state index is 12.7. The largest absolute Gasteiger partial charge is 0.338 e. The number of rotatable bonds is 1. The molecule has 2 aromatic rings. The highest BCUT2D eigenvalue weighted by atomic mass is 35.5. The summed E-state index contributed by atoms with van der Waals surface area (Å²) in [6.45, 7) is 3.71. The van der Waals surface area contributed by atoms with E-state index in [-0.39, 0.29) is 5.91 Å². The van der Waals surface area contributed by atoms with Gasteiger partial charge >= 0.3 is 0 Å². The van der Waals surface area contributed by atoms with Gasteiger partial charge in [0.25, 0.3) is 5.91 Å². The van der Waals surface area contributed by atoms with E-state index in [9.17, 15) is 4.79 Å². The van der Waals surface area contributed by atoms with E-state index in [2.05, 4.69) is 15.5 Å². The number of aromatic nitrogens is 2. The summed E-state index contributed by atoms with van der Waals surface area (Å²) in [5.41, 5.74) is 1.45. The maximum Gasteiger partial charge on any atom is 0.254 e. The summed E-state index contributed by atoms with van der Waals surface area (Å²) >= 11 is 6.10. The first kappa shape index (κ1) is 12.2. The number of benzene rings is 1. The van der Waals surface area contributed by atoms with Crippen LogP contribution in [0.15, 0.2) is 18.3 Å². The number of carbonyl (C=O) groups is 1. The first-order valence-corrected chi connectivity index (χ1v) is 7.23. The summed E-state index contributed by atoms with van der Waals surface area (Å²) in [5, 5.41) is 11.7. The number of hydrogen-bond acceptors (Lipinski definition) is 3. The zero-order valence-corrected chi connectivity index (χ0v) is 11.7. The van der Waals surface area contributed by atoms with Crippen molar-refractivity contribution in [3.8, 4) is 0 Å². The molecule has 104 valence electrons. The van der Waals surface area contributed by atoms with Gasteiger partial charge in [0.1, 0.15) is 0 Å². The second-order valence-electron chi connectivity index (χ2n) is 5.67. The zero-order chi connectivity index (χ0) is 13.7. The highest BCUT2D eigenvalue weighted by molar-refractivity contribution is 6.32. The van der Waals surface area contributed by atoms with Crippen molar-refractivity contribution in [1.29, 1.82) is 0 Å². The average Bonchev–Trinajstić information content (AvgIpc) is 3.10. The second kappa shape index (κ2) is 4.46. The molecular formula is C14H15ClN4O. The number of carbonyl (C=O) groups excluding carboxylic acids is 1. The van der Waals surface area contributed by atoms with Gasteiger partial charge in [-0.3, -0.25) is 9.89 Å². The van der Waals surface area contributed by atoms with Gasteiger partial charge < -0.3 is 10.2 Å². The number of hydrogen-bond donors (Lipinski definition) is 2. The predicted molar refractivity (Wildman–Crippen MR) is 76.9 cm³/mol. The molecule has 5 nitrogen and oxygen atoms in total. The van der Waals surface area contributed by atoms with Crippen LogP contribution >= 0.6 is 11.6 Å². The van der Waals surface area contributed by atoms with E-state index in [4.69, 9.17) is 11.6 Å². The highest BCUT2D eigenvalue weighted by Crippen LogP contribution is 2.30. The van der Waals surface area contributed by atoms with Gasteiger partial charge in [0.15, 0.2) is 0 Å². The van der Waals surface area contributed by atoms with Crippen LogP contribution in [0.2, 0.25) is 5.02 Å². The van der Waals surface area contributed by atoms with E-state index < -0.39 is 0 Å². The van der Waals surface area contributed by atoms with Crippen LogP contribution in [0.4, 0.5) is 0 Å². The minimum absolute atomic E-state index is 0.0632. The zero-order valence-electron chi connectivity index (χ0n) is 10.9. The molecule has 0 aliphatic carbocycles. The smallest absolute Gasteiger partial charge is 0.254 e. The normalized spacial score (nSPS) is 25.4. The lowest BCUT2D eigenvalue weighted by Gasteiger charge is -2.18. The fourth-order valence-corrected chi connectivity index (χ4v) is 3.60. The summed E-state index contributed by atoms with van der Waals surface area (Å²) in [4.78, 5) is 14.7. The monoisotopic (exact) mass is 290 g/mol. The molecule has 6 heteroatoms. The van der Waals surface area contributed by atoms with Crippen LogP contribution in [-0.2, 0) is 0 Å². The Labute approximate surface area is 121 Å². The number of amides is 1. The van der Waals surface area contributed by atoms with Crippen molar-refractivity contribution < 1.29 is 4.79 Å². The number of likely N-dealkylation sites (tertiary alicyclic amines) is 1. The van der Waals surface area contributed by atoms with Gasteiger partial charge in [-0.05, 0) is 24.0 Å². The molecule has 1 aromatic heterocycles. The summed E-state index contributed by atoms with van der Waals surface area (Å²) in [6.07, 6.45) is 1.69. The van der Waals surface area contributed by atoms with Crippen LogP contribution in [0.3, 0.4) is 0 Å². The third-order valence-electron chi connectivity index (χ3n) is 4.43. The molecule has 2 saturated heterocycles. The molecule has 20 heavy (non-hydrogen) atoms. The molecular weight excluding hydrogens is 276 g/mol. The molecule has 2 aliphatic rings. The summed E-state index contributed by atoms with van der Waals surface area (Å²) in [7, 11) is 0. The van der Waals surface area contributed by atoms with Crippen LogP contribution in [0.5, 0.6) is 0 Å². The lowest BCUT2D eigenvalue weighted by molar-refractivity contribution is 0.0783. The molecule has 2 N–H and O–H groups in total. The summed E-state index contributed by atoms with van der Waals surface area (Å²) in [6, 6.07) is 3.54. The quantitative estimate of drug-likeness (QED) is 0.837. The minimum atomic E-state index is 0.0632. The topological polar surface area (TPSA) is 61.0 Å². The molecule has 0 saturated carbocycles. The molecule has 2 aliphatic heterocycles. The van der Waals surface area contributed by atoms with Gasteiger partial charge in [0.2, 0.25) is 0 Å². The Balaban J connectivity index is 1.69. The van der Waals surface area contributed by atoms with E-state index in [1.54, 1.807) is 18.3 Å². The fraction of sp³-hybridized carbons (Fsp3) is 0.429. The number of H-pyrrole nitrogens is 1. The van der Waals surface area contributed by atoms with Gasteiger partial charge in [-0.2, -0.15) is 5.10 Å². The summed E-state index contributed by atoms with van der Waals surface area (Å²) in [5.74, 6) is 1.25. The number of halogens is 1. The lowest BCUT2D eigenvalue weighted by atomic mass is 10.0. The van der Waals surface area contributed by atoms with Crippen molar-refractivity contribution in [3.63, 3.8) is 0 Å². The Morgan fingerprint density at radius 1 is 1.30 bits per heavy atom. The Bertz CT molecular complexity index is 671. The SMILES string of the molecule is O=C(c1cc(Cl)cc2[nH]ncc12)N1C[C@H]2CNC[C@H]2C1. The number of nitrogens with zero attached hydrogens (tertiary/aromatic N) is 2. The maximum atomic E-state index is 12.7. The number of aromatic amines is 1. The average molecular weight is 291 g/mol. The Morgan fingerprint density at radius 2 is 2.05 bits per heavy atom. The van der Waals surface area contributed by atoms with Gasteiger partial charge in [-0.1, -0.05) is 11.6 Å². The molecule has 2 atom stereocenters. The van der Waals surface area contributed by atoms with Crippen molar-refractivity contribution >= 4 is 28.4 Å². The van der Waals surface area contributed by atoms with Crippen LogP contribution in [0.25, 0.3) is 10.9 Å². The van der Waals surface area contributed by atoms with Crippen LogP contribution < -0.4 is 5.32 Å². The van der Waals surface area contributed by atoms with Gasteiger partial charge in [0, 0.05) is 36.6 Å². The van der Waals surface area contributed by atoms with E-state index in [0.29, 0.717) is 22.4 Å². The van der Waals surface area contributed by atoms with E-state index in [1.807, 2.05) is 4.90 Å². The van der Waals surface area contributed by atoms with E-state index in [1.165, 1.54) is 0 Å². The van der Waals surface area contributed by atoms with Crippen molar-refractivity contribution in [2.75, 3.05) is 26.2 Å². The third kappa shape index (κ3) is 1.81. The first-order chi connectivity index (χ1) is 9.72. The molecule has 4 rings (SSSR count). The second-order valence-corrected chi connectivity index (χ2v) is 6.11. The van der Waals surface area contributed by atoms with E-state index >= 15 is 0 Å². The molecule has 1 amide bonds. The van der Waals surface area contributed by atoms with Crippen LogP contribution in [0.1, 0.15) is 10.4 Å². The number of fused-ring (bicyclic) bond motifs is 2. The molecule has 3 heterocycles. The van der Waals surface area contributed by atoms with Gasteiger partial charge in [-0.25, -0.2) is 0 Å². The molecule has 0 bridgehead atoms. The van der Waals surface area contributed by atoms with Gasteiger partial charge in [0.05, 0.1) is 17.3 Å². The van der Waals surface area contributed by atoms with Crippen LogP contribution in [0, 0.1) is 11.8 Å². The molecule has 0 spiro atoms. The minimum Gasteiger partial charge on any atom is -0.338 e. The third-order valence-corrected chi connectivity index (χ3v) is 4.65. The first-order valence-electron chi connectivity index (χ1n) is 6.85. The lowest BCUT2D eigenvalue weighted by Crippen LogP contribution is -2.31. The van der Waals surface area contributed by atoms with Crippen molar-refractivity contribution in [2.24, 2.45) is 11.8 Å². The Kier molecular flexibility index (Phi) is 2.72. The van der Waals surface area contributed by atoms with Crippen LogP contribution in [-0.4, -0.2) is 47.2 Å². The molecule has 1 aromatic carbocycles. The Morgan fingerprint density at radius 3 is 2.80 bits per heavy atom. The van der Waals surface area contributed by atoms with Crippen molar-refractivity contribution in [1.82, 2.24) is 20.4 Å². The fourth-order valence-electron chi connectivity index (χ4n) is 3.38. The Hall–Kier alpha value is -1.59. The molecule has 0 unspecified atom stereocenters. The molecule has 0 radical (unpaired) electrons.